The van der Waals surface area contributed by atoms with Crippen molar-refractivity contribution in [2.45, 2.75) is 85.2 Å². The number of carbonyl (C=O) groups is 1. The molecule has 0 heterocycles. The molecule has 4 nitrogen and oxygen atoms in total. The molecule has 0 aromatic heterocycles. The molecule has 1 fully saturated rings. The summed E-state index contributed by atoms with van der Waals surface area (Å²) in [5, 5.41) is 0. The standard InChI is InChI=1S/C30H42O4/c1-6-21(3)19-32-27-13-8-24(9-14-27)25-10-15-28(16-11-25)34-30(31)26-12-17-29(23(5)18-26)33-20-22(4)7-2/h8-9,12-14,17-18,21-22,25,28H,6-7,10-11,15-16,19-20H2,1-5H3. The zero-order valence-corrected chi connectivity index (χ0v) is 21.6. The molecule has 1 aliphatic carbocycles. The monoisotopic (exact) mass is 466 g/mol. The highest BCUT2D eigenvalue weighted by atomic mass is 16.5. The van der Waals surface area contributed by atoms with Crippen LogP contribution < -0.4 is 9.47 Å². The summed E-state index contributed by atoms with van der Waals surface area (Å²) in [6, 6.07) is 14.1. The summed E-state index contributed by atoms with van der Waals surface area (Å²) in [5.74, 6) is 3.15. The Kier molecular flexibility index (Phi) is 9.86. The van der Waals surface area contributed by atoms with Crippen molar-refractivity contribution in [3.05, 3.63) is 59.2 Å². The van der Waals surface area contributed by atoms with Crippen LogP contribution in [0, 0.1) is 18.8 Å². The van der Waals surface area contributed by atoms with Crippen molar-refractivity contribution < 1.29 is 19.0 Å². The van der Waals surface area contributed by atoms with E-state index < -0.39 is 0 Å². The summed E-state index contributed by atoms with van der Waals surface area (Å²) in [6.45, 7) is 12.2. The molecular formula is C30H42O4. The number of esters is 1. The third-order valence-corrected chi connectivity index (χ3v) is 7.16. The second-order valence-electron chi connectivity index (χ2n) is 10.1. The van der Waals surface area contributed by atoms with Crippen LogP contribution in [0.5, 0.6) is 11.5 Å². The van der Waals surface area contributed by atoms with Crippen molar-refractivity contribution in [2.24, 2.45) is 11.8 Å². The van der Waals surface area contributed by atoms with Crippen molar-refractivity contribution in [2.75, 3.05) is 13.2 Å². The maximum atomic E-state index is 12.7. The fourth-order valence-corrected chi connectivity index (χ4v) is 4.21. The van der Waals surface area contributed by atoms with Crippen LogP contribution in [0.25, 0.3) is 0 Å². The van der Waals surface area contributed by atoms with E-state index in [-0.39, 0.29) is 12.1 Å². The molecular weight excluding hydrogens is 424 g/mol. The highest BCUT2D eigenvalue weighted by molar-refractivity contribution is 5.90. The van der Waals surface area contributed by atoms with Gasteiger partial charge in [0.1, 0.15) is 17.6 Å². The van der Waals surface area contributed by atoms with Crippen LogP contribution in [0.1, 0.15) is 93.6 Å². The summed E-state index contributed by atoms with van der Waals surface area (Å²) >= 11 is 0. The maximum Gasteiger partial charge on any atom is 0.338 e. The van der Waals surface area contributed by atoms with E-state index in [1.165, 1.54) is 5.56 Å². The first kappa shape index (κ1) is 26.1. The van der Waals surface area contributed by atoms with Crippen LogP contribution in [-0.2, 0) is 4.74 Å². The van der Waals surface area contributed by atoms with Crippen LogP contribution in [0.3, 0.4) is 0 Å². The summed E-state index contributed by atoms with van der Waals surface area (Å²) in [5.41, 5.74) is 2.92. The average Bonchev–Trinajstić information content (AvgIpc) is 2.87. The Labute approximate surface area is 206 Å². The fraction of sp³-hybridized carbons (Fsp3) is 0.567. The lowest BCUT2D eigenvalue weighted by Gasteiger charge is -2.28. The van der Waals surface area contributed by atoms with Gasteiger partial charge < -0.3 is 14.2 Å². The summed E-state index contributed by atoms with van der Waals surface area (Å²) in [4.78, 5) is 12.7. The van der Waals surface area contributed by atoms with Gasteiger partial charge in [0.25, 0.3) is 0 Å². The van der Waals surface area contributed by atoms with Gasteiger partial charge in [0.2, 0.25) is 0 Å². The number of ether oxygens (including phenoxy) is 3. The zero-order valence-electron chi connectivity index (χ0n) is 21.6. The van der Waals surface area contributed by atoms with E-state index >= 15 is 0 Å². The van der Waals surface area contributed by atoms with Crippen molar-refractivity contribution in [1.29, 1.82) is 0 Å². The lowest BCUT2D eigenvalue weighted by molar-refractivity contribution is 0.0195. The quantitative estimate of drug-likeness (QED) is 0.318. The Morgan fingerprint density at radius 2 is 1.50 bits per heavy atom. The van der Waals surface area contributed by atoms with Gasteiger partial charge in [-0.3, -0.25) is 0 Å². The van der Waals surface area contributed by atoms with Gasteiger partial charge in [-0.25, -0.2) is 4.79 Å². The Balaban J connectivity index is 1.46. The fourth-order valence-electron chi connectivity index (χ4n) is 4.21. The van der Waals surface area contributed by atoms with E-state index in [0.717, 1.165) is 62.2 Å². The van der Waals surface area contributed by atoms with Crippen molar-refractivity contribution in [3.8, 4) is 11.5 Å². The molecule has 2 aromatic rings. The molecule has 3 rings (SSSR count). The Morgan fingerprint density at radius 3 is 2.09 bits per heavy atom. The van der Waals surface area contributed by atoms with E-state index in [1.54, 1.807) is 0 Å². The van der Waals surface area contributed by atoms with Gasteiger partial charge in [0, 0.05) is 0 Å². The smallest absolute Gasteiger partial charge is 0.338 e. The zero-order chi connectivity index (χ0) is 24.5. The number of hydrogen-bond donors (Lipinski definition) is 0. The second kappa shape index (κ2) is 12.8. The normalized spacial score (nSPS) is 19.8. The number of carbonyl (C=O) groups excluding carboxylic acids is 1. The number of aryl methyl sites for hydroxylation is 1. The predicted molar refractivity (Wildman–Crippen MR) is 138 cm³/mol. The molecule has 0 amide bonds. The molecule has 34 heavy (non-hydrogen) atoms. The van der Waals surface area contributed by atoms with Crippen LogP contribution >= 0.6 is 0 Å². The molecule has 2 unspecified atom stereocenters. The van der Waals surface area contributed by atoms with Gasteiger partial charge in [0.05, 0.1) is 18.8 Å². The minimum Gasteiger partial charge on any atom is -0.493 e. The molecule has 2 atom stereocenters. The lowest BCUT2D eigenvalue weighted by Crippen LogP contribution is -2.24. The first-order valence-electron chi connectivity index (χ1n) is 13.1. The van der Waals surface area contributed by atoms with E-state index in [1.807, 2.05) is 25.1 Å². The third-order valence-electron chi connectivity index (χ3n) is 7.16. The van der Waals surface area contributed by atoms with Crippen LogP contribution in [0.15, 0.2) is 42.5 Å². The molecule has 0 bridgehead atoms. The Hall–Kier alpha value is -2.49. The molecule has 0 spiro atoms. The lowest BCUT2D eigenvalue weighted by atomic mass is 9.82. The van der Waals surface area contributed by atoms with Gasteiger partial charge in [-0.15, -0.1) is 0 Å². The van der Waals surface area contributed by atoms with Crippen molar-refractivity contribution >= 4 is 5.97 Å². The third kappa shape index (κ3) is 7.51. The molecule has 186 valence electrons. The Morgan fingerprint density at radius 1 is 0.882 bits per heavy atom. The molecule has 0 radical (unpaired) electrons. The number of benzene rings is 2. The summed E-state index contributed by atoms with van der Waals surface area (Å²) in [7, 11) is 0. The van der Waals surface area contributed by atoms with Crippen LogP contribution in [0.4, 0.5) is 0 Å². The highest BCUT2D eigenvalue weighted by Crippen LogP contribution is 2.35. The molecule has 0 saturated heterocycles. The number of hydrogen-bond acceptors (Lipinski definition) is 4. The van der Waals surface area contributed by atoms with Crippen molar-refractivity contribution in [3.63, 3.8) is 0 Å². The van der Waals surface area contributed by atoms with Crippen molar-refractivity contribution in [1.82, 2.24) is 0 Å². The summed E-state index contributed by atoms with van der Waals surface area (Å²) < 4.78 is 17.6. The van der Waals surface area contributed by atoms with Gasteiger partial charge in [-0.05, 0) is 91.8 Å². The first-order chi connectivity index (χ1) is 16.4. The average molecular weight is 467 g/mol. The van der Waals surface area contributed by atoms with E-state index in [9.17, 15) is 4.79 Å². The Bertz CT molecular complexity index is 897. The first-order valence-corrected chi connectivity index (χ1v) is 13.1. The molecule has 2 aromatic carbocycles. The van der Waals surface area contributed by atoms with Crippen LogP contribution in [-0.4, -0.2) is 25.3 Å². The topological polar surface area (TPSA) is 44.8 Å². The van der Waals surface area contributed by atoms with E-state index in [0.29, 0.717) is 29.9 Å². The van der Waals surface area contributed by atoms with E-state index in [2.05, 4.69) is 52.0 Å². The second-order valence-corrected chi connectivity index (χ2v) is 10.1. The SMILES string of the molecule is CCC(C)COc1ccc(C2CCC(OC(=O)c3ccc(OCC(C)CC)c(C)c3)CC2)cc1. The van der Waals surface area contributed by atoms with Gasteiger partial charge in [0.15, 0.2) is 0 Å². The minimum absolute atomic E-state index is 0.0106. The predicted octanol–water partition coefficient (Wildman–Crippen LogP) is 7.73. The largest absolute Gasteiger partial charge is 0.493 e. The molecule has 0 N–H and O–H groups in total. The van der Waals surface area contributed by atoms with Gasteiger partial charge in [-0.2, -0.15) is 0 Å². The maximum absolute atomic E-state index is 12.7. The molecule has 0 aliphatic heterocycles. The van der Waals surface area contributed by atoms with E-state index in [4.69, 9.17) is 14.2 Å². The number of rotatable bonds is 11. The minimum atomic E-state index is -0.233. The molecule has 1 saturated carbocycles. The molecule has 4 heteroatoms. The molecule has 1 aliphatic rings. The van der Waals surface area contributed by atoms with Gasteiger partial charge >= 0.3 is 5.97 Å². The summed E-state index contributed by atoms with van der Waals surface area (Å²) in [6.07, 6.45) is 6.07. The van der Waals surface area contributed by atoms with Crippen LogP contribution in [0.2, 0.25) is 0 Å². The highest BCUT2D eigenvalue weighted by Gasteiger charge is 2.25. The van der Waals surface area contributed by atoms with Gasteiger partial charge in [-0.1, -0.05) is 52.7 Å².